The number of nitrogens with zero attached hydrogens (tertiary/aromatic N) is 1. The van der Waals surface area contributed by atoms with Crippen molar-refractivity contribution < 1.29 is 9.59 Å². The molecule has 3 nitrogen and oxygen atoms in total. The Balaban J connectivity index is 1.68. The van der Waals surface area contributed by atoms with Crippen molar-refractivity contribution in [2.45, 2.75) is 44.9 Å². The van der Waals surface area contributed by atoms with E-state index in [1.54, 1.807) is 17.0 Å². The van der Waals surface area contributed by atoms with E-state index >= 15 is 0 Å². The molecule has 1 aliphatic carbocycles. The minimum atomic E-state index is -0.376. The topological polar surface area (TPSA) is 37.4 Å². The summed E-state index contributed by atoms with van der Waals surface area (Å²) >= 11 is 12.7. The first-order valence-corrected chi connectivity index (χ1v) is 12.3. The molecule has 1 heterocycles. The molecule has 34 heavy (non-hydrogen) atoms. The Bertz CT molecular complexity index is 1330. The lowest BCUT2D eigenvalue weighted by atomic mass is 9.72. The lowest BCUT2D eigenvalue weighted by Gasteiger charge is -2.41. The summed E-state index contributed by atoms with van der Waals surface area (Å²) < 4.78 is 0. The molecule has 172 valence electrons. The summed E-state index contributed by atoms with van der Waals surface area (Å²) in [6, 6.07) is 21.4. The highest BCUT2D eigenvalue weighted by Gasteiger charge is 2.43. The minimum absolute atomic E-state index is 0.0220. The molecule has 2 aliphatic rings. The van der Waals surface area contributed by atoms with Crippen molar-refractivity contribution in [2.75, 3.05) is 4.90 Å². The highest BCUT2D eigenvalue weighted by atomic mass is 35.5. The molecule has 0 saturated carbocycles. The highest BCUT2D eigenvalue weighted by molar-refractivity contribution is 6.35. The van der Waals surface area contributed by atoms with Crippen LogP contribution in [0, 0.1) is 13.8 Å². The molecule has 1 aliphatic heterocycles. The van der Waals surface area contributed by atoms with Gasteiger partial charge >= 0.3 is 0 Å². The predicted octanol–water partition coefficient (Wildman–Crippen LogP) is 7.53. The minimum Gasteiger partial charge on any atom is -0.294 e. The van der Waals surface area contributed by atoms with Gasteiger partial charge in [0.05, 0.1) is 0 Å². The van der Waals surface area contributed by atoms with Crippen molar-refractivity contribution in [2.24, 2.45) is 0 Å². The maximum absolute atomic E-state index is 13.7. The maximum Gasteiger partial charge on any atom is 0.232 e. The van der Waals surface area contributed by atoms with Gasteiger partial charge in [-0.05, 0) is 72.7 Å². The van der Waals surface area contributed by atoms with E-state index in [0.29, 0.717) is 28.5 Å². The van der Waals surface area contributed by atoms with Gasteiger partial charge < -0.3 is 0 Å². The first-order valence-electron chi connectivity index (χ1n) is 11.5. The molecule has 0 N–H and O–H groups in total. The van der Waals surface area contributed by atoms with Crippen molar-refractivity contribution >= 4 is 40.6 Å². The molecule has 0 radical (unpaired) electrons. The summed E-state index contributed by atoms with van der Waals surface area (Å²) in [6.07, 6.45) is 1.22. The summed E-state index contributed by atoms with van der Waals surface area (Å²) in [7, 11) is 0. The molecule has 2 atom stereocenters. The van der Waals surface area contributed by atoms with Gasteiger partial charge in [0, 0.05) is 45.8 Å². The molecule has 0 bridgehead atoms. The second-order valence-electron chi connectivity index (χ2n) is 9.22. The Morgan fingerprint density at radius 1 is 0.824 bits per heavy atom. The van der Waals surface area contributed by atoms with Crippen LogP contribution < -0.4 is 4.90 Å². The van der Waals surface area contributed by atoms with Gasteiger partial charge in [0.25, 0.3) is 0 Å². The van der Waals surface area contributed by atoms with Gasteiger partial charge in [0.15, 0.2) is 5.78 Å². The molecule has 3 aromatic rings. The van der Waals surface area contributed by atoms with E-state index in [4.69, 9.17) is 23.2 Å². The Labute approximate surface area is 210 Å². The molecule has 1 amide bonds. The van der Waals surface area contributed by atoms with Crippen LogP contribution in [0.5, 0.6) is 0 Å². The Hall–Kier alpha value is -2.88. The van der Waals surface area contributed by atoms with E-state index < -0.39 is 0 Å². The number of hydrogen-bond acceptors (Lipinski definition) is 2. The number of allylic oxidation sites excluding steroid dienone is 2. The average molecular weight is 490 g/mol. The second-order valence-corrected chi connectivity index (χ2v) is 10.1. The summed E-state index contributed by atoms with van der Waals surface area (Å²) in [5.74, 6) is -0.306. The van der Waals surface area contributed by atoms with Crippen molar-refractivity contribution in [1.82, 2.24) is 0 Å². The van der Waals surface area contributed by atoms with Gasteiger partial charge in [-0.3, -0.25) is 14.5 Å². The molecule has 0 saturated heterocycles. The number of benzene rings is 3. The third-order valence-electron chi connectivity index (χ3n) is 7.09. The van der Waals surface area contributed by atoms with E-state index in [0.717, 1.165) is 33.6 Å². The van der Waals surface area contributed by atoms with E-state index in [-0.39, 0.29) is 29.9 Å². The fraction of sp³-hybridized carbons (Fsp3) is 0.241. The predicted molar refractivity (Wildman–Crippen MR) is 138 cm³/mol. The Morgan fingerprint density at radius 2 is 1.59 bits per heavy atom. The number of anilines is 1. The van der Waals surface area contributed by atoms with Crippen LogP contribution in [0.4, 0.5) is 5.69 Å². The van der Waals surface area contributed by atoms with Crippen LogP contribution >= 0.6 is 23.2 Å². The zero-order chi connectivity index (χ0) is 24.0. The maximum atomic E-state index is 13.7. The van der Waals surface area contributed by atoms with E-state index in [2.05, 4.69) is 19.1 Å². The zero-order valence-electron chi connectivity index (χ0n) is 19.1. The SMILES string of the molecule is Cc1ccc(N2C(=O)CC(c3ccc(Cl)cc3Cl)C3=C2CC(c2ccccc2)CC3=O)cc1C. The number of ketones is 1. The number of amides is 1. The lowest BCUT2D eigenvalue weighted by Crippen LogP contribution is -2.42. The first-order chi connectivity index (χ1) is 16.3. The van der Waals surface area contributed by atoms with Gasteiger partial charge in [-0.15, -0.1) is 0 Å². The zero-order valence-corrected chi connectivity index (χ0v) is 20.7. The van der Waals surface area contributed by atoms with Gasteiger partial charge in [-0.2, -0.15) is 0 Å². The third kappa shape index (κ3) is 4.08. The normalized spacial score (nSPS) is 20.5. The summed E-state index contributed by atoms with van der Waals surface area (Å²) in [4.78, 5) is 29.2. The molecule has 3 aromatic carbocycles. The molecule has 5 heteroatoms. The lowest BCUT2D eigenvalue weighted by molar-refractivity contribution is -0.120. The van der Waals surface area contributed by atoms with Gasteiger partial charge in [-0.25, -0.2) is 0 Å². The molecule has 0 aromatic heterocycles. The van der Waals surface area contributed by atoms with Gasteiger partial charge in [0.2, 0.25) is 5.91 Å². The van der Waals surface area contributed by atoms with Crippen molar-refractivity contribution in [3.63, 3.8) is 0 Å². The summed E-state index contributed by atoms with van der Waals surface area (Å²) in [5, 5.41) is 1.01. The molecular weight excluding hydrogens is 465 g/mol. The summed E-state index contributed by atoms with van der Waals surface area (Å²) in [5.41, 5.74) is 6.46. The number of aryl methyl sites for hydroxylation is 2. The fourth-order valence-electron chi connectivity index (χ4n) is 5.21. The van der Waals surface area contributed by atoms with Crippen LogP contribution in [-0.2, 0) is 9.59 Å². The van der Waals surface area contributed by atoms with E-state index in [1.165, 1.54) is 0 Å². The molecule has 0 spiro atoms. The van der Waals surface area contributed by atoms with Crippen molar-refractivity contribution in [3.05, 3.63) is 110 Å². The van der Waals surface area contributed by atoms with Crippen molar-refractivity contribution in [1.29, 1.82) is 0 Å². The third-order valence-corrected chi connectivity index (χ3v) is 7.65. The van der Waals surface area contributed by atoms with Crippen LogP contribution in [0.2, 0.25) is 10.0 Å². The molecular formula is C29H25Cl2NO2. The van der Waals surface area contributed by atoms with Crippen molar-refractivity contribution in [3.8, 4) is 0 Å². The van der Waals surface area contributed by atoms with Crippen LogP contribution in [0.25, 0.3) is 0 Å². The largest absolute Gasteiger partial charge is 0.294 e. The van der Waals surface area contributed by atoms with Crippen LogP contribution in [0.3, 0.4) is 0 Å². The first kappa shape index (κ1) is 22.9. The fourth-order valence-corrected chi connectivity index (χ4v) is 5.75. The Kier molecular flexibility index (Phi) is 6.09. The number of halogens is 2. The number of carbonyl (C=O) groups excluding carboxylic acids is 2. The molecule has 2 unspecified atom stereocenters. The monoisotopic (exact) mass is 489 g/mol. The molecule has 0 fully saturated rings. The second kappa shape index (κ2) is 9.05. The highest BCUT2D eigenvalue weighted by Crippen LogP contribution is 2.48. The van der Waals surface area contributed by atoms with Crippen LogP contribution in [0.15, 0.2) is 78.0 Å². The number of Topliss-reactive ketones (excluding diaryl/α,β-unsaturated/α-hetero) is 1. The number of hydrogen-bond donors (Lipinski definition) is 0. The van der Waals surface area contributed by atoms with Crippen LogP contribution in [0.1, 0.15) is 53.4 Å². The van der Waals surface area contributed by atoms with Gasteiger partial charge in [0.1, 0.15) is 0 Å². The average Bonchev–Trinajstić information content (AvgIpc) is 2.81. The molecule has 5 rings (SSSR count). The van der Waals surface area contributed by atoms with E-state index in [1.807, 2.05) is 49.4 Å². The standard InChI is InChI=1S/C29H25Cl2NO2/c1-17-8-10-22(12-18(17)2)32-26-13-20(19-6-4-3-5-7-19)14-27(33)29(26)24(16-28(32)34)23-11-9-21(30)15-25(23)31/h3-12,15,20,24H,13-14,16H2,1-2H3. The van der Waals surface area contributed by atoms with Gasteiger partial charge in [-0.1, -0.05) is 65.7 Å². The smallest absolute Gasteiger partial charge is 0.232 e. The van der Waals surface area contributed by atoms with Crippen LogP contribution in [-0.4, -0.2) is 11.7 Å². The van der Waals surface area contributed by atoms with E-state index in [9.17, 15) is 9.59 Å². The number of carbonyl (C=O) groups is 2. The Morgan fingerprint density at radius 3 is 2.29 bits per heavy atom. The summed E-state index contributed by atoms with van der Waals surface area (Å²) in [6.45, 7) is 4.09. The quantitative estimate of drug-likeness (QED) is 0.381. The number of rotatable bonds is 3.